The van der Waals surface area contributed by atoms with E-state index in [1.807, 2.05) is 0 Å². The van der Waals surface area contributed by atoms with Gasteiger partial charge in [0.25, 0.3) is 0 Å². The van der Waals surface area contributed by atoms with E-state index in [9.17, 15) is 13.2 Å². The minimum Gasteiger partial charge on any atom is -0.358 e. The van der Waals surface area contributed by atoms with Crippen molar-refractivity contribution < 1.29 is 13.2 Å². The summed E-state index contributed by atoms with van der Waals surface area (Å²) in [7, 11) is 0. The summed E-state index contributed by atoms with van der Waals surface area (Å²) in [6.45, 7) is 8.16. The Morgan fingerprint density at radius 1 is 1.14 bits per heavy atom. The molecule has 0 saturated carbocycles. The average molecular weight is 298 g/mol. The second-order valence-corrected chi connectivity index (χ2v) is 5.60. The van der Waals surface area contributed by atoms with Crippen LogP contribution in [0.4, 0.5) is 13.2 Å². The van der Waals surface area contributed by atoms with Crippen LogP contribution in [0.1, 0.15) is 32.8 Å². The predicted octanol–water partition coefficient (Wildman–Crippen LogP) is 4.25. The number of aromatic amines is 1. The molecule has 1 N–H and O–H groups in total. The molecular weight excluding hydrogens is 277 g/mol. The first-order valence-electron chi connectivity index (χ1n) is 7.33. The number of rotatable bonds is 6. The number of hydrogen-bond acceptors (Lipinski definition) is 1. The summed E-state index contributed by atoms with van der Waals surface area (Å²) in [5.41, 5.74) is 0.847. The molecule has 1 heterocycles. The maximum absolute atomic E-state index is 13.7. The molecule has 0 spiro atoms. The molecule has 0 aliphatic rings. The highest BCUT2D eigenvalue weighted by Crippen LogP contribution is 2.25. The van der Waals surface area contributed by atoms with Gasteiger partial charge in [0.2, 0.25) is 0 Å². The highest BCUT2D eigenvalue weighted by Gasteiger charge is 2.17. The zero-order valence-electron chi connectivity index (χ0n) is 12.6. The molecule has 5 heteroatoms. The van der Waals surface area contributed by atoms with Gasteiger partial charge in [-0.15, -0.1) is 0 Å². The molecule has 0 radical (unpaired) electrons. The molecule has 2 rings (SSSR count). The third-order valence-corrected chi connectivity index (χ3v) is 3.81. The van der Waals surface area contributed by atoms with Crippen molar-refractivity contribution in [2.75, 3.05) is 13.1 Å². The van der Waals surface area contributed by atoms with Gasteiger partial charge in [-0.25, -0.2) is 13.2 Å². The molecule has 1 aromatic heterocycles. The Balaban J connectivity index is 2.23. The Hall–Kier alpha value is -1.49. The monoisotopic (exact) mass is 298 g/mol. The summed E-state index contributed by atoms with van der Waals surface area (Å²) in [6, 6.07) is 1.49. The number of halogens is 3. The molecule has 0 unspecified atom stereocenters. The quantitative estimate of drug-likeness (QED) is 0.790. The number of aromatic nitrogens is 1. The number of fused-ring (bicyclic) bond motifs is 1. The lowest BCUT2D eigenvalue weighted by Gasteiger charge is -2.25. The van der Waals surface area contributed by atoms with Crippen molar-refractivity contribution in [3.63, 3.8) is 0 Å². The third-order valence-electron chi connectivity index (χ3n) is 3.81. The third kappa shape index (κ3) is 3.23. The van der Waals surface area contributed by atoms with Crippen molar-refractivity contribution in [3.05, 3.63) is 35.3 Å². The molecule has 116 valence electrons. The summed E-state index contributed by atoms with van der Waals surface area (Å²) in [6.07, 6.45) is 3.36. The number of H-pyrrole nitrogens is 1. The van der Waals surface area contributed by atoms with Crippen LogP contribution >= 0.6 is 0 Å². The van der Waals surface area contributed by atoms with E-state index in [0.29, 0.717) is 17.8 Å². The maximum Gasteiger partial charge on any atom is 0.196 e. The SMILES string of the molecule is CCCN(CCc1c[nH]c2c(F)c(F)c(F)cc12)C(C)C. The summed E-state index contributed by atoms with van der Waals surface area (Å²) in [4.78, 5) is 5.02. The second-order valence-electron chi connectivity index (χ2n) is 5.60. The van der Waals surface area contributed by atoms with Crippen LogP contribution in [-0.4, -0.2) is 29.0 Å². The normalized spacial score (nSPS) is 12.0. The molecule has 0 amide bonds. The van der Waals surface area contributed by atoms with E-state index < -0.39 is 17.5 Å². The molecule has 1 aromatic carbocycles. The van der Waals surface area contributed by atoms with Gasteiger partial charge in [-0.3, -0.25) is 0 Å². The number of hydrogen-bond donors (Lipinski definition) is 1. The lowest BCUT2D eigenvalue weighted by Crippen LogP contribution is -2.33. The zero-order chi connectivity index (χ0) is 15.6. The summed E-state index contributed by atoms with van der Waals surface area (Å²) in [5.74, 6) is -3.72. The fourth-order valence-electron chi connectivity index (χ4n) is 2.61. The molecule has 21 heavy (non-hydrogen) atoms. The van der Waals surface area contributed by atoms with Crippen LogP contribution in [0.2, 0.25) is 0 Å². The van der Waals surface area contributed by atoms with Crippen LogP contribution in [0, 0.1) is 17.5 Å². The molecule has 0 atom stereocenters. The molecule has 0 aliphatic heterocycles. The van der Waals surface area contributed by atoms with Gasteiger partial charge in [0.15, 0.2) is 17.5 Å². The van der Waals surface area contributed by atoms with Gasteiger partial charge in [-0.2, -0.15) is 0 Å². The van der Waals surface area contributed by atoms with Crippen LogP contribution in [0.25, 0.3) is 10.9 Å². The maximum atomic E-state index is 13.7. The first kappa shape index (κ1) is 15.9. The van der Waals surface area contributed by atoms with Crippen LogP contribution in [0.5, 0.6) is 0 Å². The van der Waals surface area contributed by atoms with Crippen molar-refractivity contribution in [3.8, 4) is 0 Å². The van der Waals surface area contributed by atoms with E-state index in [1.54, 1.807) is 6.20 Å². The standard InChI is InChI=1S/C16H21F3N2/c1-4-6-21(10(2)3)7-5-11-9-20-16-12(11)8-13(17)14(18)15(16)19/h8-10,20H,4-7H2,1-3H3. The smallest absolute Gasteiger partial charge is 0.196 e. The Morgan fingerprint density at radius 3 is 2.48 bits per heavy atom. The topological polar surface area (TPSA) is 19.0 Å². The number of nitrogens with zero attached hydrogens (tertiary/aromatic N) is 1. The van der Waals surface area contributed by atoms with Gasteiger partial charge in [0.05, 0.1) is 5.52 Å². The number of benzene rings is 1. The minimum atomic E-state index is -1.43. The zero-order valence-corrected chi connectivity index (χ0v) is 12.6. The fraction of sp³-hybridized carbons (Fsp3) is 0.500. The van der Waals surface area contributed by atoms with E-state index in [4.69, 9.17) is 0 Å². The van der Waals surface area contributed by atoms with Crippen LogP contribution in [-0.2, 0) is 6.42 Å². The number of nitrogens with one attached hydrogen (secondary N) is 1. The van der Waals surface area contributed by atoms with Gasteiger partial charge in [0, 0.05) is 24.2 Å². The van der Waals surface area contributed by atoms with E-state index >= 15 is 0 Å². The largest absolute Gasteiger partial charge is 0.358 e. The van der Waals surface area contributed by atoms with E-state index in [1.165, 1.54) is 0 Å². The highest BCUT2D eigenvalue weighted by atomic mass is 19.2. The summed E-state index contributed by atoms with van der Waals surface area (Å²) in [5, 5.41) is 0.423. The molecule has 0 fully saturated rings. The summed E-state index contributed by atoms with van der Waals surface area (Å²) >= 11 is 0. The van der Waals surface area contributed by atoms with Crippen molar-refractivity contribution in [1.29, 1.82) is 0 Å². The van der Waals surface area contributed by atoms with Gasteiger partial charge in [-0.1, -0.05) is 6.92 Å². The van der Waals surface area contributed by atoms with Gasteiger partial charge >= 0.3 is 0 Å². The predicted molar refractivity (Wildman–Crippen MR) is 78.9 cm³/mol. The van der Waals surface area contributed by atoms with Gasteiger partial charge in [-0.05, 0) is 44.9 Å². The molecule has 0 bridgehead atoms. The fourth-order valence-corrected chi connectivity index (χ4v) is 2.61. The molecular formula is C16H21F3N2. The first-order chi connectivity index (χ1) is 9.95. The Labute approximate surface area is 122 Å². The Bertz CT molecular complexity index is 619. The van der Waals surface area contributed by atoms with Crippen molar-refractivity contribution >= 4 is 10.9 Å². The lowest BCUT2D eigenvalue weighted by molar-refractivity contribution is 0.225. The van der Waals surface area contributed by atoms with Crippen molar-refractivity contribution in [2.24, 2.45) is 0 Å². The van der Waals surface area contributed by atoms with Crippen LogP contribution in [0.15, 0.2) is 12.3 Å². The second kappa shape index (κ2) is 6.52. The molecule has 2 nitrogen and oxygen atoms in total. The first-order valence-corrected chi connectivity index (χ1v) is 7.33. The molecule has 2 aromatic rings. The summed E-state index contributed by atoms with van der Waals surface area (Å²) < 4.78 is 40.3. The molecule has 0 saturated heterocycles. The van der Waals surface area contributed by atoms with Gasteiger partial charge < -0.3 is 9.88 Å². The van der Waals surface area contributed by atoms with Crippen LogP contribution < -0.4 is 0 Å². The van der Waals surface area contributed by atoms with Crippen LogP contribution in [0.3, 0.4) is 0 Å². The van der Waals surface area contributed by atoms with E-state index in [2.05, 4.69) is 30.7 Å². The Kier molecular flexibility index (Phi) is 4.93. The molecule has 0 aliphatic carbocycles. The highest BCUT2D eigenvalue weighted by molar-refractivity contribution is 5.84. The van der Waals surface area contributed by atoms with Crippen molar-refractivity contribution in [1.82, 2.24) is 9.88 Å². The van der Waals surface area contributed by atoms with E-state index in [0.717, 1.165) is 31.1 Å². The van der Waals surface area contributed by atoms with Crippen molar-refractivity contribution in [2.45, 2.75) is 39.7 Å². The lowest BCUT2D eigenvalue weighted by atomic mass is 10.1. The average Bonchev–Trinajstić information content (AvgIpc) is 2.83. The minimum absolute atomic E-state index is 0.0375. The van der Waals surface area contributed by atoms with E-state index in [-0.39, 0.29) is 5.52 Å². The van der Waals surface area contributed by atoms with Gasteiger partial charge in [0.1, 0.15) is 0 Å². The Morgan fingerprint density at radius 2 is 1.86 bits per heavy atom.